The summed E-state index contributed by atoms with van der Waals surface area (Å²) in [5.74, 6) is -1.69. The van der Waals surface area contributed by atoms with E-state index >= 15 is 0 Å². The Labute approximate surface area is 190 Å². The Morgan fingerprint density at radius 3 is 2.47 bits per heavy atom. The van der Waals surface area contributed by atoms with Crippen molar-refractivity contribution in [1.82, 2.24) is 10.6 Å². The van der Waals surface area contributed by atoms with Crippen molar-refractivity contribution >= 4 is 41.0 Å². The number of carbonyl (C=O) groups is 4. The van der Waals surface area contributed by atoms with Gasteiger partial charge in [-0.25, -0.2) is 0 Å². The number of ether oxygens (including phenoxy) is 1. The van der Waals surface area contributed by atoms with Gasteiger partial charge in [0.25, 0.3) is 11.8 Å². The Hall–Kier alpha value is -3.39. The minimum Gasteiger partial charge on any atom is -0.455 e. The molecule has 2 aromatic carbocycles. The average Bonchev–Trinajstić information content (AvgIpc) is 3.56. The molecule has 1 saturated carbocycles. The minimum atomic E-state index is -0.647. The molecule has 2 aromatic rings. The normalized spacial score (nSPS) is 13.6. The number of nitrogens with one attached hydrogen (secondary N) is 3. The van der Waals surface area contributed by atoms with Crippen LogP contribution in [0.2, 0.25) is 5.02 Å². The lowest BCUT2D eigenvalue weighted by Gasteiger charge is -2.17. The molecule has 1 aliphatic carbocycles. The maximum atomic E-state index is 12.3. The second-order valence-electron chi connectivity index (χ2n) is 7.55. The molecule has 0 heterocycles. The maximum absolute atomic E-state index is 12.3. The number of benzene rings is 2. The number of hydrogen-bond donors (Lipinski definition) is 3. The second kappa shape index (κ2) is 10.8. The minimum absolute atomic E-state index is 0.148. The Kier molecular flexibility index (Phi) is 7.83. The van der Waals surface area contributed by atoms with Crippen molar-refractivity contribution < 1.29 is 23.9 Å². The van der Waals surface area contributed by atoms with Crippen LogP contribution in [0.25, 0.3) is 0 Å². The van der Waals surface area contributed by atoms with Gasteiger partial charge in [0, 0.05) is 29.2 Å². The lowest BCUT2D eigenvalue weighted by Crippen LogP contribution is -2.29. The van der Waals surface area contributed by atoms with Crippen molar-refractivity contribution in [2.24, 2.45) is 0 Å². The van der Waals surface area contributed by atoms with Crippen molar-refractivity contribution in [3.8, 4) is 0 Å². The van der Waals surface area contributed by atoms with E-state index in [-0.39, 0.29) is 24.3 Å². The van der Waals surface area contributed by atoms with Crippen molar-refractivity contribution in [2.75, 3.05) is 11.9 Å². The molecule has 0 spiro atoms. The molecule has 9 heteroatoms. The van der Waals surface area contributed by atoms with Crippen LogP contribution in [0.1, 0.15) is 48.1 Å². The molecule has 0 radical (unpaired) electrons. The van der Waals surface area contributed by atoms with Gasteiger partial charge in [0.05, 0.1) is 12.5 Å². The zero-order chi connectivity index (χ0) is 23.1. The van der Waals surface area contributed by atoms with Crippen molar-refractivity contribution in [3.63, 3.8) is 0 Å². The monoisotopic (exact) mass is 457 g/mol. The SMILES string of the molecule is CC(=O)NC(CC(=O)OCC(=O)Nc1cccc(C(=O)NC2CC2)c1)c1ccc(Cl)cc1. The molecular weight excluding hydrogens is 434 g/mol. The molecule has 1 atom stereocenters. The summed E-state index contributed by atoms with van der Waals surface area (Å²) in [6.07, 6.45) is 1.81. The van der Waals surface area contributed by atoms with Crippen molar-refractivity contribution in [2.45, 2.75) is 38.3 Å². The number of rotatable bonds is 9. The quantitative estimate of drug-likeness (QED) is 0.501. The molecule has 168 valence electrons. The lowest BCUT2D eigenvalue weighted by atomic mass is 10.0. The van der Waals surface area contributed by atoms with Crippen LogP contribution < -0.4 is 16.0 Å². The second-order valence-corrected chi connectivity index (χ2v) is 7.98. The van der Waals surface area contributed by atoms with Gasteiger partial charge in [0.15, 0.2) is 6.61 Å². The fourth-order valence-electron chi connectivity index (χ4n) is 3.00. The first-order chi connectivity index (χ1) is 15.3. The molecule has 3 N–H and O–H groups in total. The number of hydrogen-bond acceptors (Lipinski definition) is 5. The van der Waals surface area contributed by atoms with Crippen LogP contribution in [0.4, 0.5) is 5.69 Å². The average molecular weight is 458 g/mol. The molecule has 0 bridgehead atoms. The highest BCUT2D eigenvalue weighted by atomic mass is 35.5. The fraction of sp³-hybridized carbons (Fsp3) is 0.304. The first-order valence-corrected chi connectivity index (χ1v) is 10.6. The van der Waals surface area contributed by atoms with Crippen LogP contribution in [0, 0.1) is 0 Å². The van der Waals surface area contributed by atoms with Gasteiger partial charge in [-0.1, -0.05) is 29.8 Å². The standard InChI is InChI=1S/C23H24ClN3O5/c1-14(28)25-20(15-5-7-17(24)8-6-15)12-22(30)32-13-21(29)26-19-4-2-3-16(11-19)23(31)27-18-9-10-18/h2-8,11,18,20H,9-10,12-13H2,1H3,(H,25,28)(H,26,29)(H,27,31). The molecule has 1 unspecified atom stereocenters. The van der Waals surface area contributed by atoms with E-state index in [1.165, 1.54) is 6.92 Å². The van der Waals surface area contributed by atoms with Gasteiger partial charge in [-0.3, -0.25) is 19.2 Å². The summed E-state index contributed by atoms with van der Waals surface area (Å²) in [6.45, 7) is 0.853. The van der Waals surface area contributed by atoms with E-state index in [1.807, 2.05) is 0 Å². The molecule has 3 rings (SSSR count). The molecule has 32 heavy (non-hydrogen) atoms. The molecular formula is C23H24ClN3O5. The van der Waals surface area contributed by atoms with E-state index in [9.17, 15) is 19.2 Å². The lowest BCUT2D eigenvalue weighted by molar-refractivity contribution is -0.148. The predicted octanol–water partition coefficient (Wildman–Crippen LogP) is 2.98. The van der Waals surface area contributed by atoms with Crippen molar-refractivity contribution in [1.29, 1.82) is 0 Å². The number of amides is 3. The van der Waals surface area contributed by atoms with E-state index < -0.39 is 24.5 Å². The van der Waals surface area contributed by atoms with Gasteiger partial charge in [-0.05, 0) is 48.7 Å². The highest BCUT2D eigenvalue weighted by Gasteiger charge is 2.24. The molecule has 0 saturated heterocycles. The molecule has 1 aliphatic rings. The van der Waals surface area contributed by atoms with Crippen LogP contribution in [0.5, 0.6) is 0 Å². The number of halogens is 1. The highest BCUT2D eigenvalue weighted by molar-refractivity contribution is 6.30. The summed E-state index contributed by atoms with van der Waals surface area (Å²) in [5, 5.41) is 8.70. The molecule has 0 aromatic heterocycles. The van der Waals surface area contributed by atoms with Gasteiger partial charge >= 0.3 is 5.97 Å². The van der Waals surface area contributed by atoms with Gasteiger partial charge in [0.2, 0.25) is 5.91 Å². The van der Waals surface area contributed by atoms with Crippen molar-refractivity contribution in [3.05, 3.63) is 64.7 Å². The summed E-state index contributed by atoms with van der Waals surface area (Å²) >= 11 is 5.89. The first-order valence-electron chi connectivity index (χ1n) is 10.2. The smallest absolute Gasteiger partial charge is 0.308 e. The van der Waals surface area contributed by atoms with Crippen LogP contribution in [-0.4, -0.2) is 36.3 Å². The van der Waals surface area contributed by atoms with E-state index in [1.54, 1.807) is 48.5 Å². The van der Waals surface area contributed by atoms with Crippen LogP contribution in [0.3, 0.4) is 0 Å². The Balaban J connectivity index is 1.51. The zero-order valence-corrected chi connectivity index (χ0v) is 18.3. The van der Waals surface area contributed by atoms with E-state index in [0.717, 1.165) is 12.8 Å². The third-order valence-electron chi connectivity index (χ3n) is 4.71. The van der Waals surface area contributed by atoms with E-state index in [2.05, 4.69) is 16.0 Å². The Bertz CT molecular complexity index is 1000. The van der Waals surface area contributed by atoms with Gasteiger partial charge in [-0.2, -0.15) is 0 Å². The third-order valence-corrected chi connectivity index (χ3v) is 4.96. The number of esters is 1. The van der Waals surface area contributed by atoms with Crippen LogP contribution in [0.15, 0.2) is 48.5 Å². The maximum Gasteiger partial charge on any atom is 0.308 e. The largest absolute Gasteiger partial charge is 0.455 e. The summed E-state index contributed by atoms with van der Waals surface area (Å²) in [6, 6.07) is 12.9. The van der Waals surface area contributed by atoms with Gasteiger partial charge < -0.3 is 20.7 Å². The summed E-state index contributed by atoms with van der Waals surface area (Å²) in [4.78, 5) is 48.1. The number of anilines is 1. The van der Waals surface area contributed by atoms with E-state index in [4.69, 9.17) is 16.3 Å². The van der Waals surface area contributed by atoms with Gasteiger partial charge in [0.1, 0.15) is 0 Å². The van der Waals surface area contributed by atoms with E-state index in [0.29, 0.717) is 21.8 Å². The highest BCUT2D eigenvalue weighted by Crippen LogP contribution is 2.21. The molecule has 8 nitrogen and oxygen atoms in total. The molecule has 3 amide bonds. The predicted molar refractivity (Wildman–Crippen MR) is 119 cm³/mol. The first kappa shape index (κ1) is 23.3. The van der Waals surface area contributed by atoms with Gasteiger partial charge in [-0.15, -0.1) is 0 Å². The summed E-state index contributed by atoms with van der Waals surface area (Å²) in [7, 11) is 0. The van der Waals surface area contributed by atoms with Crippen LogP contribution >= 0.6 is 11.6 Å². The number of carbonyl (C=O) groups excluding carboxylic acids is 4. The Morgan fingerprint density at radius 1 is 1.09 bits per heavy atom. The zero-order valence-electron chi connectivity index (χ0n) is 17.5. The topological polar surface area (TPSA) is 114 Å². The Morgan fingerprint density at radius 2 is 1.81 bits per heavy atom. The molecule has 1 fully saturated rings. The summed E-state index contributed by atoms with van der Waals surface area (Å²) in [5.41, 5.74) is 1.55. The fourth-order valence-corrected chi connectivity index (χ4v) is 3.12. The summed E-state index contributed by atoms with van der Waals surface area (Å²) < 4.78 is 5.06. The van der Waals surface area contributed by atoms with Crippen LogP contribution in [-0.2, 0) is 19.1 Å². The molecule has 0 aliphatic heterocycles. The third kappa shape index (κ3) is 7.39.